The van der Waals surface area contributed by atoms with Crippen molar-refractivity contribution in [2.75, 3.05) is 0 Å². The molecule has 8 aromatic rings. The van der Waals surface area contributed by atoms with Gasteiger partial charge in [0.05, 0.1) is 16.6 Å². The molecule has 5 aromatic carbocycles. The van der Waals surface area contributed by atoms with Crippen molar-refractivity contribution < 1.29 is 9.15 Å². The van der Waals surface area contributed by atoms with Crippen LogP contribution in [0.5, 0.6) is 5.75 Å². The molecule has 2 aliphatic carbocycles. The number of fused-ring (bicyclic) bond motifs is 14. The van der Waals surface area contributed by atoms with E-state index in [2.05, 4.69) is 132 Å². The molecule has 2 unspecified atom stereocenters. The number of aromatic nitrogens is 1. The average molecular weight is 578 g/mol. The van der Waals surface area contributed by atoms with E-state index in [9.17, 15) is 0 Å². The number of hydrogen-bond acceptors (Lipinski definition) is 2. The van der Waals surface area contributed by atoms with Gasteiger partial charge in [-0.05, 0) is 59.4 Å². The fourth-order valence-corrected chi connectivity index (χ4v) is 8.38. The highest BCUT2D eigenvalue weighted by molar-refractivity contribution is 6.28. The van der Waals surface area contributed by atoms with Crippen molar-refractivity contribution in [3.63, 3.8) is 0 Å². The predicted octanol–water partition coefficient (Wildman–Crippen LogP) is 10.8. The van der Waals surface area contributed by atoms with Crippen molar-refractivity contribution in [3.8, 4) is 28.0 Å². The summed E-state index contributed by atoms with van der Waals surface area (Å²) < 4.78 is 16.0. The van der Waals surface area contributed by atoms with Gasteiger partial charge in [-0.15, -0.1) is 0 Å². The van der Waals surface area contributed by atoms with Crippen LogP contribution < -0.4 is 4.74 Å². The Morgan fingerprint density at radius 3 is 2.24 bits per heavy atom. The first-order valence-corrected chi connectivity index (χ1v) is 15.9. The van der Waals surface area contributed by atoms with Crippen molar-refractivity contribution in [1.82, 2.24) is 4.40 Å². The van der Waals surface area contributed by atoms with E-state index in [1.165, 1.54) is 65.8 Å². The molecule has 3 nitrogen and oxygen atoms in total. The van der Waals surface area contributed by atoms with Crippen LogP contribution in [-0.4, -0.2) is 10.5 Å². The van der Waals surface area contributed by atoms with E-state index in [0.717, 1.165) is 41.0 Å². The van der Waals surface area contributed by atoms with Gasteiger partial charge in [0.25, 0.3) is 0 Å². The minimum atomic E-state index is 0.0203. The van der Waals surface area contributed by atoms with E-state index in [1.807, 2.05) is 0 Å². The summed E-state index contributed by atoms with van der Waals surface area (Å²) in [5.74, 6) is 2.22. The van der Waals surface area contributed by atoms with Crippen LogP contribution in [0.2, 0.25) is 0 Å². The first-order chi connectivity index (χ1) is 22.3. The van der Waals surface area contributed by atoms with Gasteiger partial charge in [-0.2, -0.15) is 0 Å². The Bertz CT molecular complexity index is 2630. The second-order valence-electron chi connectivity index (χ2n) is 12.6. The second-order valence-corrected chi connectivity index (χ2v) is 12.6. The Balaban J connectivity index is 1.31. The molecule has 3 heteroatoms. The summed E-state index contributed by atoms with van der Waals surface area (Å²) in [6.07, 6.45) is 15.2. The third kappa shape index (κ3) is 3.05. The Kier molecular flexibility index (Phi) is 4.53. The largest absolute Gasteiger partial charge is 0.483 e. The Morgan fingerprint density at radius 2 is 1.38 bits per heavy atom. The number of rotatable bonds is 2. The van der Waals surface area contributed by atoms with E-state index >= 15 is 0 Å². The summed E-state index contributed by atoms with van der Waals surface area (Å²) in [7, 11) is 0. The zero-order valence-electron chi connectivity index (χ0n) is 24.5. The van der Waals surface area contributed by atoms with Gasteiger partial charge in [-0.3, -0.25) is 0 Å². The number of furan rings is 1. The molecule has 212 valence electrons. The van der Waals surface area contributed by atoms with E-state index in [-0.39, 0.29) is 12.0 Å². The number of aryl methyl sites for hydroxylation is 1. The number of nitrogens with zero attached hydrogens (tertiary/aromatic N) is 1. The monoisotopic (exact) mass is 577 g/mol. The highest BCUT2D eigenvalue weighted by Gasteiger charge is 2.36. The highest BCUT2D eigenvalue weighted by atomic mass is 16.5. The number of ether oxygens (including phenoxy) is 1. The van der Waals surface area contributed by atoms with E-state index in [0.29, 0.717) is 0 Å². The van der Waals surface area contributed by atoms with Crippen LogP contribution >= 0.6 is 0 Å². The molecule has 2 atom stereocenters. The molecular formula is C42H27NO2. The van der Waals surface area contributed by atoms with Crippen LogP contribution in [0.1, 0.15) is 29.2 Å². The SMILES string of the molecule is C1=CC2Oc3c(ccc4c5cc(-c6ccccc6-c6ccccc6)cc6c7ccc8c9c(oc8c7n(c34)c56)C=CCC9)C2C=C1. The van der Waals surface area contributed by atoms with Crippen molar-refractivity contribution in [2.24, 2.45) is 0 Å². The first kappa shape index (κ1) is 23.9. The quantitative estimate of drug-likeness (QED) is 0.204. The zero-order chi connectivity index (χ0) is 29.2. The summed E-state index contributed by atoms with van der Waals surface area (Å²) in [6.45, 7) is 0. The summed E-state index contributed by atoms with van der Waals surface area (Å²) in [5.41, 5.74) is 12.0. The summed E-state index contributed by atoms with van der Waals surface area (Å²) in [4.78, 5) is 0. The van der Waals surface area contributed by atoms with Gasteiger partial charge < -0.3 is 13.6 Å². The normalized spacial score (nSPS) is 18.4. The maximum atomic E-state index is 6.82. The minimum absolute atomic E-state index is 0.0203. The molecule has 0 amide bonds. The average Bonchev–Trinajstić information content (AvgIpc) is 3.84. The molecule has 1 aliphatic heterocycles. The van der Waals surface area contributed by atoms with Crippen LogP contribution in [-0.2, 0) is 6.42 Å². The van der Waals surface area contributed by atoms with Crippen molar-refractivity contribution in [3.05, 3.63) is 138 Å². The van der Waals surface area contributed by atoms with E-state index in [4.69, 9.17) is 9.15 Å². The molecular weight excluding hydrogens is 550 g/mol. The Labute approximate surface area is 259 Å². The highest BCUT2D eigenvalue weighted by Crippen LogP contribution is 2.52. The van der Waals surface area contributed by atoms with E-state index < -0.39 is 0 Å². The Morgan fingerprint density at radius 1 is 0.644 bits per heavy atom. The third-order valence-corrected chi connectivity index (χ3v) is 10.3. The number of benzene rings is 5. The molecule has 3 aromatic heterocycles. The van der Waals surface area contributed by atoms with Crippen LogP contribution in [0.4, 0.5) is 0 Å². The standard InChI is InChI=1S/C42H27NO2/c1-2-10-24(11-3-1)26-12-4-5-13-27(26)25-22-34-30-18-20-32-28-14-6-8-16-36(28)44-41(32)39(30)43-38(34)35(23-25)31-19-21-33-29-15-7-9-17-37(29)45-42(33)40(31)43/h1-6,8-14,16-23,28,36H,7,15H2. The molecule has 0 spiro atoms. The van der Waals surface area contributed by atoms with Gasteiger partial charge in [0.2, 0.25) is 0 Å². The van der Waals surface area contributed by atoms with Crippen LogP contribution in [0.15, 0.2) is 126 Å². The van der Waals surface area contributed by atoms with Crippen molar-refractivity contribution >= 4 is 55.1 Å². The lowest BCUT2D eigenvalue weighted by Crippen LogP contribution is -2.15. The lowest BCUT2D eigenvalue weighted by molar-refractivity contribution is 0.271. The van der Waals surface area contributed by atoms with Crippen molar-refractivity contribution in [2.45, 2.75) is 24.9 Å². The second kappa shape index (κ2) is 8.55. The molecule has 11 rings (SSSR count). The van der Waals surface area contributed by atoms with Gasteiger partial charge in [-0.25, -0.2) is 0 Å². The fraction of sp³-hybridized carbons (Fsp3) is 0.0952. The molecule has 0 fully saturated rings. The Hall–Kier alpha value is -5.54. The van der Waals surface area contributed by atoms with Crippen LogP contribution in [0.3, 0.4) is 0 Å². The summed E-state index contributed by atoms with van der Waals surface area (Å²) in [5, 5.41) is 6.14. The van der Waals surface area contributed by atoms with Crippen LogP contribution in [0, 0.1) is 0 Å². The maximum absolute atomic E-state index is 6.82. The zero-order valence-corrected chi connectivity index (χ0v) is 24.5. The molecule has 0 saturated carbocycles. The fourth-order valence-electron chi connectivity index (χ4n) is 8.38. The van der Waals surface area contributed by atoms with Gasteiger partial charge in [0.1, 0.15) is 17.6 Å². The summed E-state index contributed by atoms with van der Waals surface area (Å²) in [6, 6.07) is 33.5. The van der Waals surface area contributed by atoms with Gasteiger partial charge in [0.15, 0.2) is 5.58 Å². The van der Waals surface area contributed by atoms with Gasteiger partial charge >= 0.3 is 0 Å². The topological polar surface area (TPSA) is 26.8 Å². The molecule has 0 N–H and O–H groups in total. The molecule has 0 bridgehead atoms. The third-order valence-electron chi connectivity index (χ3n) is 10.3. The number of allylic oxidation sites excluding steroid dienone is 3. The molecule has 0 radical (unpaired) electrons. The van der Waals surface area contributed by atoms with Crippen LogP contribution in [0.25, 0.3) is 77.4 Å². The molecule has 3 aliphatic rings. The predicted molar refractivity (Wildman–Crippen MR) is 185 cm³/mol. The van der Waals surface area contributed by atoms with E-state index in [1.54, 1.807) is 0 Å². The lowest BCUT2D eigenvalue weighted by atomic mass is 9.91. The van der Waals surface area contributed by atoms with Crippen molar-refractivity contribution in [1.29, 1.82) is 0 Å². The maximum Gasteiger partial charge on any atom is 0.159 e. The molecule has 4 heterocycles. The first-order valence-electron chi connectivity index (χ1n) is 15.9. The smallest absolute Gasteiger partial charge is 0.159 e. The minimum Gasteiger partial charge on any atom is -0.483 e. The van der Waals surface area contributed by atoms with Gasteiger partial charge in [0, 0.05) is 44.0 Å². The number of hydrogen-bond donors (Lipinski definition) is 0. The van der Waals surface area contributed by atoms with Gasteiger partial charge in [-0.1, -0.05) is 103 Å². The summed E-state index contributed by atoms with van der Waals surface area (Å²) >= 11 is 0. The molecule has 0 saturated heterocycles. The molecule has 45 heavy (non-hydrogen) atoms. The lowest BCUT2D eigenvalue weighted by Gasteiger charge is -2.13.